The van der Waals surface area contributed by atoms with Gasteiger partial charge in [-0.2, -0.15) is 0 Å². The molecule has 1 aromatic rings. The maximum Gasteiger partial charge on any atom is 0.127 e. The van der Waals surface area contributed by atoms with Gasteiger partial charge >= 0.3 is 0 Å². The average molecular weight is 203 g/mol. The first kappa shape index (κ1) is 10.2. The van der Waals surface area contributed by atoms with Crippen LogP contribution in [0.5, 0.6) is 0 Å². The molecule has 1 aliphatic rings. The minimum atomic E-state index is 0.135. The molecule has 2 nitrogen and oxygen atoms in total. The highest BCUT2D eigenvalue weighted by Crippen LogP contribution is 2.30. The van der Waals surface area contributed by atoms with Crippen molar-refractivity contribution in [3.8, 4) is 0 Å². The van der Waals surface area contributed by atoms with E-state index in [4.69, 9.17) is 4.84 Å². The number of benzene rings is 1. The minimum Gasteiger partial charge on any atom is -0.395 e. The van der Waals surface area contributed by atoms with Gasteiger partial charge in [0.2, 0.25) is 0 Å². The number of rotatable bonds is 3. The van der Waals surface area contributed by atoms with Gasteiger partial charge in [0.25, 0.3) is 0 Å². The smallest absolute Gasteiger partial charge is 0.127 e. The Balaban J connectivity index is 1.97. The SMILES string of the molecule is CC1=NOCC1(C)CCc1ccccc1. The predicted octanol–water partition coefficient (Wildman–Crippen LogP) is 3.03. The highest BCUT2D eigenvalue weighted by Gasteiger charge is 2.33. The van der Waals surface area contributed by atoms with Crippen molar-refractivity contribution < 1.29 is 4.84 Å². The lowest BCUT2D eigenvalue weighted by atomic mass is 9.81. The van der Waals surface area contributed by atoms with Crippen molar-refractivity contribution in [3.05, 3.63) is 35.9 Å². The van der Waals surface area contributed by atoms with Gasteiger partial charge in [-0.15, -0.1) is 0 Å². The van der Waals surface area contributed by atoms with Crippen molar-refractivity contribution >= 4 is 5.71 Å². The Morgan fingerprint density at radius 2 is 2.07 bits per heavy atom. The molecule has 0 bridgehead atoms. The largest absolute Gasteiger partial charge is 0.395 e. The van der Waals surface area contributed by atoms with E-state index in [9.17, 15) is 0 Å². The van der Waals surface area contributed by atoms with Crippen LogP contribution in [0, 0.1) is 5.41 Å². The van der Waals surface area contributed by atoms with E-state index < -0.39 is 0 Å². The average Bonchev–Trinajstić information content (AvgIpc) is 2.59. The van der Waals surface area contributed by atoms with Crippen LogP contribution in [0.1, 0.15) is 25.8 Å². The molecule has 80 valence electrons. The Hall–Kier alpha value is -1.31. The topological polar surface area (TPSA) is 21.6 Å². The highest BCUT2D eigenvalue weighted by molar-refractivity contribution is 5.88. The molecule has 0 N–H and O–H groups in total. The molecule has 2 rings (SSSR count). The van der Waals surface area contributed by atoms with E-state index in [2.05, 4.69) is 49.3 Å². The summed E-state index contributed by atoms with van der Waals surface area (Å²) in [5, 5.41) is 4.02. The van der Waals surface area contributed by atoms with Crippen LogP contribution in [-0.2, 0) is 11.3 Å². The number of hydrogen-bond donors (Lipinski definition) is 0. The van der Waals surface area contributed by atoms with Crippen LogP contribution in [-0.4, -0.2) is 12.3 Å². The highest BCUT2D eigenvalue weighted by atomic mass is 16.6. The first-order valence-electron chi connectivity index (χ1n) is 5.42. The van der Waals surface area contributed by atoms with E-state index >= 15 is 0 Å². The number of aryl methyl sites for hydroxylation is 1. The second-order valence-electron chi connectivity index (χ2n) is 4.50. The van der Waals surface area contributed by atoms with Crippen LogP contribution in [0.25, 0.3) is 0 Å². The molecule has 0 aromatic heterocycles. The monoisotopic (exact) mass is 203 g/mol. The van der Waals surface area contributed by atoms with Gasteiger partial charge in [0, 0.05) is 5.41 Å². The Morgan fingerprint density at radius 1 is 1.33 bits per heavy atom. The van der Waals surface area contributed by atoms with Crippen LogP contribution in [0.15, 0.2) is 35.5 Å². The summed E-state index contributed by atoms with van der Waals surface area (Å²) in [4.78, 5) is 5.15. The summed E-state index contributed by atoms with van der Waals surface area (Å²) >= 11 is 0. The maximum absolute atomic E-state index is 5.15. The van der Waals surface area contributed by atoms with Crippen LogP contribution in [0.4, 0.5) is 0 Å². The molecular formula is C13H17NO. The molecule has 1 heterocycles. The second-order valence-corrected chi connectivity index (χ2v) is 4.50. The number of oxime groups is 1. The molecule has 0 saturated heterocycles. The fraction of sp³-hybridized carbons (Fsp3) is 0.462. The molecule has 0 spiro atoms. The van der Waals surface area contributed by atoms with E-state index in [1.54, 1.807) is 0 Å². The van der Waals surface area contributed by atoms with Gasteiger partial charge in [-0.1, -0.05) is 42.4 Å². The molecule has 2 heteroatoms. The van der Waals surface area contributed by atoms with Crippen molar-refractivity contribution in [3.63, 3.8) is 0 Å². The minimum absolute atomic E-state index is 0.135. The summed E-state index contributed by atoms with van der Waals surface area (Å²) < 4.78 is 0. The standard InChI is InChI=1S/C13H17NO/c1-11-13(2,10-15-14-11)9-8-12-6-4-3-5-7-12/h3-7H,8-10H2,1-2H3. The molecule has 0 fully saturated rings. The number of nitrogens with zero attached hydrogens (tertiary/aromatic N) is 1. The molecule has 0 aliphatic carbocycles. The number of hydrogen-bond acceptors (Lipinski definition) is 2. The molecule has 1 atom stereocenters. The van der Waals surface area contributed by atoms with Gasteiger partial charge in [0.15, 0.2) is 0 Å². The lowest BCUT2D eigenvalue weighted by Crippen LogP contribution is -2.26. The summed E-state index contributed by atoms with van der Waals surface area (Å²) in [6.07, 6.45) is 2.19. The Kier molecular flexibility index (Phi) is 2.76. The van der Waals surface area contributed by atoms with Crippen molar-refractivity contribution in [1.82, 2.24) is 0 Å². The molecule has 1 aromatic carbocycles. The van der Waals surface area contributed by atoms with E-state index in [1.807, 2.05) is 0 Å². The quantitative estimate of drug-likeness (QED) is 0.740. The fourth-order valence-electron chi connectivity index (χ4n) is 1.80. The van der Waals surface area contributed by atoms with Crippen molar-refractivity contribution in [2.45, 2.75) is 26.7 Å². The van der Waals surface area contributed by atoms with Gasteiger partial charge in [-0.25, -0.2) is 0 Å². The van der Waals surface area contributed by atoms with Crippen molar-refractivity contribution in [1.29, 1.82) is 0 Å². The molecule has 1 unspecified atom stereocenters. The summed E-state index contributed by atoms with van der Waals surface area (Å²) in [6.45, 7) is 5.01. The van der Waals surface area contributed by atoms with Gasteiger partial charge < -0.3 is 4.84 Å². The normalized spacial score (nSPS) is 24.8. The van der Waals surface area contributed by atoms with Gasteiger partial charge in [-0.05, 0) is 25.3 Å². The van der Waals surface area contributed by atoms with Crippen molar-refractivity contribution in [2.75, 3.05) is 6.61 Å². The zero-order chi connectivity index (χ0) is 10.7. The second kappa shape index (κ2) is 4.05. The predicted molar refractivity (Wildman–Crippen MR) is 61.9 cm³/mol. The maximum atomic E-state index is 5.15. The van der Waals surface area contributed by atoms with E-state index in [0.29, 0.717) is 0 Å². The summed E-state index contributed by atoms with van der Waals surface area (Å²) in [6, 6.07) is 10.6. The zero-order valence-corrected chi connectivity index (χ0v) is 9.36. The summed E-state index contributed by atoms with van der Waals surface area (Å²) in [5.41, 5.74) is 2.65. The van der Waals surface area contributed by atoms with Crippen LogP contribution in [0.3, 0.4) is 0 Å². The lowest BCUT2D eigenvalue weighted by molar-refractivity contribution is 0.123. The molecule has 15 heavy (non-hydrogen) atoms. The molecule has 0 amide bonds. The van der Waals surface area contributed by atoms with E-state index in [1.165, 1.54) is 5.56 Å². The van der Waals surface area contributed by atoms with E-state index in [-0.39, 0.29) is 5.41 Å². The summed E-state index contributed by atoms with van der Waals surface area (Å²) in [7, 11) is 0. The zero-order valence-electron chi connectivity index (χ0n) is 9.36. The summed E-state index contributed by atoms with van der Waals surface area (Å²) in [5.74, 6) is 0. The molecular weight excluding hydrogens is 186 g/mol. The Labute approximate surface area is 90.9 Å². The van der Waals surface area contributed by atoms with Crippen LogP contribution >= 0.6 is 0 Å². The third-order valence-electron chi connectivity index (χ3n) is 3.27. The van der Waals surface area contributed by atoms with Gasteiger partial charge in [-0.3, -0.25) is 0 Å². The first-order valence-corrected chi connectivity index (χ1v) is 5.42. The van der Waals surface area contributed by atoms with E-state index in [0.717, 1.165) is 25.2 Å². The van der Waals surface area contributed by atoms with Crippen LogP contribution < -0.4 is 0 Å². The third kappa shape index (κ3) is 2.20. The third-order valence-corrected chi connectivity index (χ3v) is 3.27. The van der Waals surface area contributed by atoms with Crippen LogP contribution in [0.2, 0.25) is 0 Å². The fourth-order valence-corrected chi connectivity index (χ4v) is 1.80. The molecule has 0 saturated carbocycles. The van der Waals surface area contributed by atoms with Crippen molar-refractivity contribution in [2.24, 2.45) is 10.6 Å². The lowest BCUT2D eigenvalue weighted by Gasteiger charge is -2.21. The van der Waals surface area contributed by atoms with Gasteiger partial charge in [0.1, 0.15) is 6.61 Å². The Morgan fingerprint density at radius 3 is 2.67 bits per heavy atom. The molecule has 1 aliphatic heterocycles. The first-order chi connectivity index (χ1) is 7.21. The van der Waals surface area contributed by atoms with Gasteiger partial charge in [0.05, 0.1) is 5.71 Å². The molecule has 0 radical (unpaired) electrons. The Bertz CT molecular complexity index is 358.